The molecule has 27 heavy (non-hydrogen) atoms. The molecule has 0 saturated heterocycles. The van der Waals surface area contributed by atoms with Gasteiger partial charge in [-0.2, -0.15) is 4.99 Å². The van der Waals surface area contributed by atoms with Gasteiger partial charge in [0.15, 0.2) is 4.80 Å². The summed E-state index contributed by atoms with van der Waals surface area (Å²) in [5, 5.41) is 1.41. The number of nitrogens with zero attached hydrogens (tertiary/aromatic N) is 2. The summed E-state index contributed by atoms with van der Waals surface area (Å²) in [5.41, 5.74) is 3.63. The maximum atomic E-state index is 12.9. The highest BCUT2D eigenvalue weighted by Gasteiger charge is 2.17. The van der Waals surface area contributed by atoms with Gasteiger partial charge in [0, 0.05) is 16.6 Å². The molecule has 0 fully saturated rings. The summed E-state index contributed by atoms with van der Waals surface area (Å²) in [4.78, 5) is 18.6. The predicted octanol–water partition coefficient (Wildman–Crippen LogP) is 6.34. The molecule has 0 radical (unpaired) electrons. The lowest BCUT2D eigenvalue weighted by Gasteiger charge is -2.05. The number of benzene rings is 2. The van der Waals surface area contributed by atoms with Crippen molar-refractivity contribution in [3.63, 3.8) is 0 Å². The fourth-order valence-corrected chi connectivity index (χ4v) is 5.67. The van der Waals surface area contributed by atoms with Crippen molar-refractivity contribution in [3.8, 4) is 0 Å². The number of carbonyl (C=O) groups is 1. The van der Waals surface area contributed by atoms with Gasteiger partial charge in [-0.3, -0.25) is 4.79 Å². The van der Waals surface area contributed by atoms with Crippen LogP contribution in [0.25, 0.3) is 20.3 Å². The van der Waals surface area contributed by atoms with Crippen molar-refractivity contribution < 1.29 is 4.79 Å². The molecule has 2 aromatic heterocycles. The molecule has 0 N–H and O–H groups in total. The van der Waals surface area contributed by atoms with Crippen LogP contribution in [0.4, 0.5) is 0 Å². The van der Waals surface area contributed by atoms with Crippen molar-refractivity contribution in [2.24, 2.45) is 4.99 Å². The van der Waals surface area contributed by atoms with Gasteiger partial charge in [0.1, 0.15) is 4.88 Å². The van der Waals surface area contributed by atoms with Crippen molar-refractivity contribution in [2.45, 2.75) is 33.7 Å². The van der Waals surface area contributed by atoms with Gasteiger partial charge < -0.3 is 4.57 Å². The number of amides is 1. The molecule has 3 nitrogen and oxygen atoms in total. The molecule has 0 aliphatic rings. The van der Waals surface area contributed by atoms with E-state index in [1.54, 1.807) is 11.3 Å². The van der Waals surface area contributed by atoms with Crippen molar-refractivity contribution in [2.75, 3.05) is 0 Å². The summed E-state index contributed by atoms with van der Waals surface area (Å²) in [6, 6.07) is 12.2. The van der Waals surface area contributed by atoms with Crippen molar-refractivity contribution >= 4 is 60.5 Å². The van der Waals surface area contributed by atoms with Gasteiger partial charge in [-0.25, -0.2) is 0 Å². The molecule has 0 aliphatic heterocycles. The molecule has 0 unspecified atom stereocenters. The molecule has 0 atom stereocenters. The summed E-state index contributed by atoms with van der Waals surface area (Å²) in [5.74, 6) is -0.272. The Morgan fingerprint density at radius 1 is 1.11 bits per heavy atom. The number of carbonyl (C=O) groups excluding carboxylic acids is 1. The molecule has 6 heteroatoms. The molecule has 0 saturated carbocycles. The Bertz CT molecular complexity index is 1250. The van der Waals surface area contributed by atoms with E-state index < -0.39 is 0 Å². The SMILES string of the molecule is CCCn1c(=NC(=O)c2sc3ccccc3c2Cl)sc2cc(C)c(C)cc21. The first kappa shape index (κ1) is 18.4. The summed E-state index contributed by atoms with van der Waals surface area (Å²) >= 11 is 9.43. The van der Waals surface area contributed by atoms with Crippen LogP contribution in [0.5, 0.6) is 0 Å². The zero-order valence-electron chi connectivity index (χ0n) is 15.4. The maximum Gasteiger partial charge on any atom is 0.291 e. The van der Waals surface area contributed by atoms with Gasteiger partial charge in [-0.15, -0.1) is 11.3 Å². The van der Waals surface area contributed by atoms with Crippen LogP contribution in [0, 0.1) is 13.8 Å². The molecule has 0 aliphatic carbocycles. The zero-order chi connectivity index (χ0) is 19.1. The van der Waals surface area contributed by atoms with Crippen LogP contribution < -0.4 is 4.80 Å². The number of hydrogen-bond acceptors (Lipinski definition) is 3. The Hall–Kier alpha value is -1.95. The van der Waals surface area contributed by atoms with Gasteiger partial charge in [0.2, 0.25) is 0 Å². The molecule has 2 aromatic carbocycles. The second-order valence-corrected chi connectivity index (χ2v) is 9.04. The van der Waals surface area contributed by atoms with Crippen LogP contribution in [0.2, 0.25) is 5.02 Å². The third-order valence-electron chi connectivity index (χ3n) is 4.67. The van der Waals surface area contributed by atoms with Crippen molar-refractivity contribution in [1.29, 1.82) is 0 Å². The van der Waals surface area contributed by atoms with Crippen LogP contribution in [0.3, 0.4) is 0 Å². The van der Waals surface area contributed by atoms with Crippen LogP contribution in [-0.4, -0.2) is 10.5 Å². The molecule has 0 bridgehead atoms. The monoisotopic (exact) mass is 414 g/mol. The molecule has 4 rings (SSSR count). The van der Waals surface area contributed by atoms with Crippen molar-refractivity contribution in [3.05, 3.63) is 62.2 Å². The molecule has 138 valence electrons. The number of rotatable bonds is 3. The number of halogens is 1. The summed E-state index contributed by atoms with van der Waals surface area (Å²) < 4.78 is 4.30. The van der Waals surface area contributed by atoms with E-state index in [1.807, 2.05) is 24.3 Å². The van der Waals surface area contributed by atoms with Crippen LogP contribution in [-0.2, 0) is 6.54 Å². The first-order valence-corrected chi connectivity index (χ1v) is 10.9. The third kappa shape index (κ3) is 3.24. The fourth-order valence-electron chi connectivity index (χ4n) is 3.14. The third-order valence-corrected chi connectivity index (χ3v) is 7.38. The lowest BCUT2D eigenvalue weighted by molar-refractivity contribution is 0.100. The van der Waals surface area contributed by atoms with Gasteiger partial charge in [0.25, 0.3) is 5.91 Å². The zero-order valence-corrected chi connectivity index (χ0v) is 17.8. The maximum absolute atomic E-state index is 12.9. The molecule has 0 spiro atoms. The summed E-state index contributed by atoms with van der Waals surface area (Å²) in [6.45, 7) is 7.18. The lowest BCUT2D eigenvalue weighted by Crippen LogP contribution is -2.16. The minimum absolute atomic E-state index is 0.272. The first-order valence-electron chi connectivity index (χ1n) is 8.86. The largest absolute Gasteiger partial charge is 0.316 e. The Morgan fingerprint density at radius 3 is 2.59 bits per heavy atom. The van der Waals surface area contributed by atoms with E-state index in [0.29, 0.717) is 9.90 Å². The number of aromatic nitrogens is 1. The van der Waals surface area contributed by atoms with E-state index in [4.69, 9.17) is 11.6 Å². The van der Waals surface area contributed by atoms with E-state index in [-0.39, 0.29) is 5.91 Å². The highest BCUT2D eigenvalue weighted by molar-refractivity contribution is 7.21. The van der Waals surface area contributed by atoms with E-state index in [9.17, 15) is 4.79 Å². The Balaban J connectivity index is 1.89. The smallest absolute Gasteiger partial charge is 0.291 e. The van der Waals surface area contributed by atoms with Gasteiger partial charge >= 0.3 is 0 Å². The van der Waals surface area contributed by atoms with E-state index in [0.717, 1.165) is 38.1 Å². The summed E-state index contributed by atoms with van der Waals surface area (Å²) in [7, 11) is 0. The Labute approximate surface area is 170 Å². The Morgan fingerprint density at radius 2 is 1.85 bits per heavy atom. The number of thiazole rings is 1. The van der Waals surface area contributed by atoms with Gasteiger partial charge in [-0.1, -0.05) is 48.1 Å². The number of fused-ring (bicyclic) bond motifs is 2. The average molecular weight is 415 g/mol. The minimum Gasteiger partial charge on any atom is -0.316 e. The normalized spacial score (nSPS) is 12.4. The predicted molar refractivity (Wildman–Crippen MR) is 116 cm³/mol. The quantitative estimate of drug-likeness (QED) is 0.385. The van der Waals surface area contributed by atoms with Crippen molar-refractivity contribution in [1.82, 2.24) is 4.57 Å². The number of thiophene rings is 1. The summed E-state index contributed by atoms with van der Waals surface area (Å²) in [6.07, 6.45) is 0.976. The second-order valence-electron chi connectivity index (χ2n) is 6.60. The lowest BCUT2D eigenvalue weighted by atomic mass is 10.1. The van der Waals surface area contributed by atoms with Crippen LogP contribution in [0.15, 0.2) is 41.4 Å². The fraction of sp³-hybridized carbons (Fsp3) is 0.238. The highest BCUT2D eigenvalue weighted by atomic mass is 35.5. The minimum atomic E-state index is -0.272. The first-order chi connectivity index (χ1) is 13.0. The second kappa shape index (κ2) is 7.23. The molecule has 2 heterocycles. The van der Waals surface area contributed by atoms with Crippen LogP contribution in [0.1, 0.15) is 34.1 Å². The Kier molecular flexibility index (Phi) is 4.93. The average Bonchev–Trinajstić information content (AvgIpc) is 3.15. The van der Waals surface area contributed by atoms with Gasteiger partial charge in [-0.05, 0) is 49.6 Å². The van der Waals surface area contributed by atoms with E-state index >= 15 is 0 Å². The van der Waals surface area contributed by atoms with E-state index in [2.05, 4.69) is 42.5 Å². The topological polar surface area (TPSA) is 34.4 Å². The van der Waals surface area contributed by atoms with E-state index in [1.165, 1.54) is 22.5 Å². The molecular weight excluding hydrogens is 396 g/mol. The molecule has 1 amide bonds. The molecule has 4 aromatic rings. The molecular formula is C21H19ClN2OS2. The number of aryl methyl sites for hydroxylation is 3. The highest BCUT2D eigenvalue weighted by Crippen LogP contribution is 2.35. The van der Waals surface area contributed by atoms with Crippen LogP contribution >= 0.6 is 34.3 Å². The standard InChI is InChI=1S/C21H19ClN2OS2/c1-4-9-24-15-10-12(2)13(3)11-17(15)27-21(24)23-20(25)19-18(22)14-7-5-6-8-16(14)26-19/h5-8,10-11H,4,9H2,1-3H3. The number of hydrogen-bond donors (Lipinski definition) is 0. The van der Waals surface area contributed by atoms with Gasteiger partial charge in [0.05, 0.1) is 15.2 Å².